The van der Waals surface area contributed by atoms with Crippen molar-refractivity contribution in [3.8, 4) is 0 Å². The van der Waals surface area contributed by atoms with Gasteiger partial charge in [-0.2, -0.15) is 0 Å². The molecule has 0 spiro atoms. The number of hydrogen-bond acceptors (Lipinski definition) is 0. The minimum absolute atomic E-state index is 0.740. The Balaban J connectivity index is 2.22. The zero-order valence-corrected chi connectivity index (χ0v) is 9.82. The van der Waals surface area contributed by atoms with Crippen LogP contribution in [-0.2, 0) is 0 Å². The van der Waals surface area contributed by atoms with Crippen LogP contribution in [0.25, 0.3) is 0 Å². The Bertz CT molecular complexity index is 125. The lowest BCUT2D eigenvalue weighted by Gasteiger charge is -2.31. The van der Waals surface area contributed by atoms with Crippen molar-refractivity contribution in [2.75, 3.05) is 5.88 Å². The van der Waals surface area contributed by atoms with Gasteiger partial charge >= 0.3 is 0 Å². The summed E-state index contributed by atoms with van der Waals surface area (Å²) in [6.45, 7) is 4.60. The third-order valence-corrected chi connectivity index (χ3v) is 4.12. The third kappa shape index (κ3) is 3.50. The van der Waals surface area contributed by atoms with Gasteiger partial charge in [-0.05, 0) is 30.6 Å². The van der Waals surface area contributed by atoms with E-state index in [9.17, 15) is 0 Å². The molecule has 0 N–H and O–H groups in total. The molecule has 0 heterocycles. The molecule has 1 atom stereocenters. The summed E-state index contributed by atoms with van der Waals surface area (Å²) in [5.41, 5.74) is 0. The predicted molar refractivity (Wildman–Crippen MR) is 60.2 cm³/mol. The summed E-state index contributed by atoms with van der Waals surface area (Å²) < 4.78 is 0. The first-order chi connectivity index (χ1) is 6.27. The maximum Gasteiger partial charge on any atom is 0.0251 e. The van der Waals surface area contributed by atoms with Gasteiger partial charge in [0.15, 0.2) is 0 Å². The molecule has 78 valence electrons. The molecule has 0 bridgehead atoms. The van der Waals surface area contributed by atoms with E-state index in [1.807, 2.05) is 0 Å². The zero-order chi connectivity index (χ0) is 9.68. The second kappa shape index (κ2) is 5.90. The Kier molecular flexibility index (Phi) is 5.16. The van der Waals surface area contributed by atoms with Gasteiger partial charge in [0.25, 0.3) is 0 Å². The van der Waals surface area contributed by atoms with Crippen molar-refractivity contribution in [3.05, 3.63) is 0 Å². The molecule has 1 fully saturated rings. The molecule has 0 aromatic heterocycles. The number of halogens is 1. The molecule has 1 aliphatic carbocycles. The fourth-order valence-electron chi connectivity index (χ4n) is 2.58. The monoisotopic (exact) mass is 202 g/mol. The highest BCUT2D eigenvalue weighted by Gasteiger charge is 2.23. The molecule has 0 saturated heterocycles. The maximum atomic E-state index is 5.88. The van der Waals surface area contributed by atoms with Crippen molar-refractivity contribution in [2.45, 2.75) is 52.4 Å². The molecule has 0 aliphatic heterocycles. The molecule has 0 amide bonds. The van der Waals surface area contributed by atoms with Crippen LogP contribution in [0.2, 0.25) is 0 Å². The quantitative estimate of drug-likeness (QED) is 0.591. The highest BCUT2D eigenvalue weighted by molar-refractivity contribution is 6.18. The first kappa shape index (κ1) is 11.4. The first-order valence-electron chi connectivity index (χ1n) is 5.83. The molecule has 1 unspecified atom stereocenters. The molecule has 0 aromatic rings. The standard InChI is InChI=1S/C12H23Cl/c1-3-4-11-5-7-12(8-6-11)10(2)9-13/h10-12H,3-9H2,1-2H3. The minimum atomic E-state index is 0.740. The Hall–Kier alpha value is 0.290. The molecular formula is C12H23Cl. The number of hydrogen-bond donors (Lipinski definition) is 0. The third-order valence-electron chi connectivity index (χ3n) is 3.64. The van der Waals surface area contributed by atoms with E-state index in [0.29, 0.717) is 0 Å². The Morgan fingerprint density at radius 1 is 1.23 bits per heavy atom. The SMILES string of the molecule is CCCC1CCC(C(C)CCl)CC1. The van der Waals surface area contributed by atoms with E-state index in [2.05, 4.69) is 13.8 Å². The first-order valence-corrected chi connectivity index (χ1v) is 6.37. The smallest absolute Gasteiger partial charge is 0.0251 e. The molecule has 1 saturated carbocycles. The van der Waals surface area contributed by atoms with Gasteiger partial charge < -0.3 is 0 Å². The summed E-state index contributed by atoms with van der Waals surface area (Å²) in [4.78, 5) is 0. The van der Waals surface area contributed by atoms with Crippen LogP contribution in [-0.4, -0.2) is 5.88 Å². The van der Waals surface area contributed by atoms with E-state index < -0.39 is 0 Å². The predicted octanol–water partition coefficient (Wildman–Crippen LogP) is 4.47. The fourth-order valence-corrected chi connectivity index (χ4v) is 2.83. The maximum absolute atomic E-state index is 5.88. The molecule has 1 rings (SSSR count). The minimum Gasteiger partial charge on any atom is -0.126 e. The van der Waals surface area contributed by atoms with Crippen LogP contribution in [0.3, 0.4) is 0 Å². The zero-order valence-electron chi connectivity index (χ0n) is 9.06. The number of rotatable bonds is 4. The van der Waals surface area contributed by atoms with Crippen molar-refractivity contribution >= 4 is 11.6 Å². The van der Waals surface area contributed by atoms with Crippen molar-refractivity contribution in [3.63, 3.8) is 0 Å². The van der Waals surface area contributed by atoms with E-state index in [4.69, 9.17) is 11.6 Å². The van der Waals surface area contributed by atoms with Crippen LogP contribution in [0.1, 0.15) is 52.4 Å². The second-order valence-corrected chi connectivity index (χ2v) is 5.01. The lowest BCUT2D eigenvalue weighted by molar-refractivity contribution is 0.218. The topological polar surface area (TPSA) is 0 Å². The molecule has 13 heavy (non-hydrogen) atoms. The average Bonchev–Trinajstić information content (AvgIpc) is 2.18. The Morgan fingerprint density at radius 2 is 1.85 bits per heavy atom. The van der Waals surface area contributed by atoms with Crippen molar-refractivity contribution in [2.24, 2.45) is 17.8 Å². The van der Waals surface area contributed by atoms with Crippen molar-refractivity contribution in [1.82, 2.24) is 0 Å². The highest BCUT2D eigenvalue weighted by atomic mass is 35.5. The lowest BCUT2D eigenvalue weighted by Crippen LogP contribution is -2.20. The van der Waals surface area contributed by atoms with E-state index >= 15 is 0 Å². The van der Waals surface area contributed by atoms with Gasteiger partial charge in [-0.1, -0.05) is 39.5 Å². The normalized spacial score (nSPS) is 31.6. The van der Waals surface area contributed by atoms with E-state index in [-0.39, 0.29) is 0 Å². The van der Waals surface area contributed by atoms with Crippen molar-refractivity contribution in [1.29, 1.82) is 0 Å². The number of alkyl halides is 1. The van der Waals surface area contributed by atoms with E-state index in [0.717, 1.165) is 23.6 Å². The summed E-state index contributed by atoms with van der Waals surface area (Å²) >= 11 is 5.88. The van der Waals surface area contributed by atoms with E-state index in [1.54, 1.807) is 0 Å². The molecule has 0 aromatic carbocycles. The lowest BCUT2D eigenvalue weighted by atomic mass is 9.76. The van der Waals surface area contributed by atoms with Crippen LogP contribution in [0, 0.1) is 17.8 Å². The average molecular weight is 203 g/mol. The summed E-state index contributed by atoms with van der Waals surface area (Å²) in [6.07, 6.45) is 8.58. The Labute approximate surface area is 88.1 Å². The van der Waals surface area contributed by atoms with Gasteiger partial charge in [0.1, 0.15) is 0 Å². The largest absolute Gasteiger partial charge is 0.126 e. The summed E-state index contributed by atoms with van der Waals surface area (Å²) in [6, 6.07) is 0. The Morgan fingerprint density at radius 3 is 2.31 bits per heavy atom. The van der Waals surface area contributed by atoms with Gasteiger partial charge in [0, 0.05) is 5.88 Å². The molecule has 1 aliphatic rings. The van der Waals surface area contributed by atoms with Crippen LogP contribution in [0.5, 0.6) is 0 Å². The van der Waals surface area contributed by atoms with Gasteiger partial charge in [-0.3, -0.25) is 0 Å². The van der Waals surface area contributed by atoms with Crippen LogP contribution >= 0.6 is 11.6 Å². The van der Waals surface area contributed by atoms with Gasteiger partial charge in [-0.25, -0.2) is 0 Å². The van der Waals surface area contributed by atoms with Crippen LogP contribution < -0.4 is 0 Å². The summed E-state index contributed by atoms with van der Waals surface area (Å²) in [5.74, 6) is 3.54. The molecular weight excluding hydrogens is 180 g/mol. The van der Waals surface area contributed by atoms with E-state index in [1.165, 1.54) is 38.5 Å². The summed E-state index contributed by atoms with van der Waals surface area (Å²) in [7, 11) is 0. The fraction of sp³-hybridized carbons (Fsp3) is 1.00. The van der Waals surface area contributed by atoms with Gasteiger partial charge in [-0.15, -0.1) is 11.6 Å². The van der Waals surface area contributed by atoms with Gasteiger partial charge in [0.2, 0.25) is 0 Å². The highest BCUT2D eigenvalue weighted by Crippen LogP contribution is 2.35. The van der Waals surface area contributed by atoms with Crippen LogP contribution in [0.15, 0.2) is 0 Å². The van der Waals surface area contributed by atoms with Crippen molar-refractivity contribution < 1.29 is 0 Å². The molecule has 1 heteroatoms. The second-order valence-electron chi connectivity index (χ2n) is 4.70. The molecule has 0 radical (unpaired) electrons. The van der Waals surface area contributed by atoms with Crippen LogP contribution in [0.4, 0.5) is 0 Å². The summed E-state index contributed by atoms with van der Waals surface area (Å²) in [5, 5.41) is 0. The molecule has 0 nitrogen and oxygen atoms in total. The van der Waals surface area contributed by atoms with Gasteiger partial charge in [0.05, 0.1) is 0 Å².